The molecule has 0 saturated carbocycles. The van der Waals surface area contributed by atoms with Crippen LogP contribution in [0.1, 0.15) is 0 Å². The first-order chi connectivity index (χ1) is 8.45. The Balaban J connectivity index is 2.27. The third-order valence-corrected chi connectivity index (χ3v) is 3.72. The van der Waals surface area contributed by atoms with E-state index in [9.17, 15) is 4.21 Å². The molecule has 18 heavy (non-hydrogen) atoms. The predicted octanol–water partition coefficient (Wildman–Crippen LogP) is 3.02. The molecule has 0 bridgehead atoms. The molecule has 2 aromatic rings. The Hall–Kier alpha value is -1.47. The first-order valence-corrected chi connectivity index (χ1v) is 7.79. The molecule has 0 aliphatic rings. The van der Waals surface area contributed by atoms with Crippen LogP contribution in [0.15, 0.2) is 46.0 Å². The van der Waals surface area contributed by atoms with E-state index >= 15 is 0 Å². The van der Waals surface area contributed by atoms with Crippen LogP contribution in [-0.2, 0) is 9.73 Å². The monoisotopic (exact) mass is 326 g/mol. The van der Waals surface area contributed by atoms with Crippen LogP contribution in [0.2, 0.25) is 0 Å². The maximum absolute atomic E-state index is 11.6. The molecule has 0 saturated heterocycles. The molecule has 7 heteroatoms. The molecule has 0 spiro atoms. The van der Waals surface area contributed by atoms with Crippen LogP contribution in [0.25, 0.3) is 0 Å². The lowest BCUT2D eigenvalue weighted by atomic mass is 10.3. The van der Waals surface area contributed by atoms with Gasteiger partial charge in [0.15, 0.2) is 0 Å². The normalized spacial score (nSPS) is 13.9. The van der Waals surface area contributed by atoms with E-state index in [2.05, 4.69) is 31.2 Å². The fourth-order valence-corrected chi connectivity index (χ4v) is 2.22. The first-order valence-electron chi connectivity index (χ1n) is 5.03. The summed E-state index contributed by atoms with van der Waals surface area (Å²) in [5.74, 6) is 0.447. The van der Waals surface area contributed by atoms with Crippen LogP contribution in [0.5, 0.6) is 0 Å². The van der Waals surface area contributed by atoms with Crippen LogP contribution in [0.3, 0.4) is 0 Å². The average Bonchev–Trinajstić information content (AvgIpc) is 2.31. The SMILES string of the molecule is CS(=N)(=O)c1cccc(Nc2ncc(Br)cn2)c1. The third-order valence-electron chi connectivity index (χ3n) is 2.16. The molecular formula is C11H11BrN4OS. The second-order valence-electron chi connectivity index (χ2n) is 3.72. The highest BCUT2D eigenvalue weighted by atomic mass is 79.9. The van der Waals surface area contributed by atoms with Crippen molar-refractivity contribution in [3.8, 4) is 0 Å². The Kier molecular flexibility index (Phi) is 3.63. The van der Waals surface area contributed by atoms with Crippen LogP contribution >= 0.6 is 15.9 Å². The summed E-state index contributed by atoms with van der Waals surface area (Å²) < 4.78 is 20.0. The number of anilines is 2. The van der Waals surface area contributed by atoms with Gasteiger partial charge in [0.05, 0.1) is 14.2 Å². The summed E-state index contributed by atoms with van der Waals surface area (Å²) in [6.45, 7) is 0. The summed E-state index contributed by atoms with van der Waals surface area (Å²) in [5, 5.41) is 2.99. The second kappa shape index (κ2) is 5.03. The van der Waals surface area contributed by atoms with Crippen molar-refractivity contribution in [2.45, 2.75) is 4.90 Å². The molecule has 1 aromatic heterocycles. The van der Waals surface area contributed by atoms with Gasteiger partial charge in [-0.15, -0.1) is 0 Å². The summed E-state index contributed by atoms with van der Waals surface area (Å²) in [5.41, 5.74) is 0.705. The molecule has 0 amide bonds. The Morgan fingerprint density at radius 3 is 2.61 bits per heavy atom. The zero-order valence-electron chi connectivity index (χ0n) is 9.55. The number of halogens is 1. The van der Waals surface area contributed by atoms with Gasteiger partial charge in [-0.1, -0.05) is 6.07 Å². The van der Waals surface area contributed by atoms with Gasteiger partial charge in [0.2, 0.25) is 5.95 Å². The number of aromatic nitrogens is 2. The van der Waals surface area contributed by atoms with Gasteiger partial charge in [0.1, 0.15) is 0 Å². The van der Waals surface area contributed by atoms with E-state index in [0.717, 1.165) is 4.47 Å². The summed E-state index contributed by atoms with van der Waals surface area (Å²) >= 11 is 3.25. The number of hydrogen-bond acceptors (Lipinski definition) is 5. The van der Waals surface area contributed by atoms with Crippen molar-refractivity contribution < 1.29 is 4.21 Å². The quantitative estimate of drug-likeness (QED) is 0.908. The molecule has 94 valence electrons. The maximum Gasteiger partial charge on any atom is 0.227 e. The van der Waals surface area contributed by atoms with Gasteiger partial charge in [-0.25, -0.2) is 19.0 Å². The molecule has 0 aliphatic carbocycles. The lowest BCUT2D eigenvalue weighted by molar-refractivity contribution is 0.679. The molecular weight excluding hydrogens is 316 g/mol. The standard InChI is InChI=1S/C11H11BrN4OS/c1-18(13,17)10-4-2-3-9(5-10)16-11-14-6-8(12)7-15-11/h2-7,13H,1H3,(H,14,15,16). The first kappa shape index (κ1) is 13.0. The highest BCUT2D eigenvalue weighted by Gasteiger charge is 2.04. The molecule has 1 heterocycles. The molecule has 2 rings (SSSR count). The zero-order chi connectivity index (χ0) is 13.2. The third kappa shape index (κ3) is 3.27. The van der Waals surface area contributed by atoms with Crippen molar-refractivity contribution in [2.75, 3.05) is 11.6 Å². The maximum atomic E-state index is 11.6. The topological polar surface area (TPSA) is 78.7 Å². The van der Waals surface area contributed by atoms with Gasteiger partial charge >= 0.3 is 0 Å². The van der Waals surface area contributed by atoms with Crippen LogP contribution in [-0.4, -0.2) is 20.4 Å². The van der Waals surface area contributed by atoms with Gasteiger partial charge in [0.25, 0.3) is 0 Å². The van der Waals surface area contributed by atoms with Gasteiger partial charge in [0, 0.05) is 29.2 Å². The summed E-state index contributed by atoms with van der Waals surface area (Å²) in [7, 11) is -2.71. The van der Waals surface area contributed by atoms with Crippen molar-refractivity contribution in [1.29, 1.82) is 4.78 Å². The van der Waals surface area contributed by atoms with Crippen LogP contribution in [0, 0.1) is 4.78 Å². The van der Waals surface area contributed by atoms with Gasteiger partial charge in [-0.2, -0.15) is 0 Å². The van der Waals surface area contributed by atoms with Crippen molar-refractivity contribution >= 4 is 37.3 Å². The number of nitrogens with zero attached hydrogens (tertiary/aromatic N) is 2. The Labute approximate surface area is 114 Å². The predicted molar refractivity (Wildman–Crippen MR) is 74.5 cm³/mol. The molecule has 2 N–H and O–H groups in total. The minimum absolute atomic E-state index is 0.447. The Morgan fingerprint density at radius 1 is 1.33 bits per heavy atom. The van der Waals surface area contributed by atoms with Crippen molar-refractivity contribution in [3.05, 3.63) is 41.1 Å². The summed E-state index contributed by atoms with van der Waals surface area (Å²) in [6, 6.07) is 6.89. The molecule has 0 fully saturated rings. The van der Waals surface area contributed by atoms with E-state index < -0.39 is 9.73 Å². The molecule has 0 radical (unpaired) electrons. The summed E-state index contributed by atoms with van der Waals surface area (Å²) in [6.07, 6.45) is 4.65. The van der Waals surface area contributed by atoms with Crippen LogP contribution in [0.4, 0.5) is 11.6 Å². The largest absolute Gasteiger partial charge is 0.324 e. The van der Waals surface area contributed by atoms with Gasteiger partial charge in [-0.05, 0) is 34.1 Å². The molecule has 1 atom stereocenters. The zero-order valence-corrected chi connectivity index (χ0v) is 12.0. The fraction of sp³-hybridized carbons (Fsp3) is 0.0909. The van der Waals surface area contributed by atoms with E-state index in [1.165, 1.54) is 6.26 Å². The minimum Gasteiger partial charge on any atom is -0.324 e. The van der Waals surface area contributed by atoms with Gasteiger partial charge in [-0.3, -0.25) is 0 Å². The highest BCUT2D eigenvalue weighted by Crippen LogP contribution is 2.18. The number of hydrogen-bond donors (Lipinski definition) is 2. The lowest BCUT2D eigenvalue weighted by Crippen LogP contribution is -1.99. The van der Waals surface area contributed by atoms with Crippen molar-refractivity contribution in [3.63, 3.8) is 0 Å². The minimum atomic E-state index is -2.71. The van der Waals surface area contributed by atoms with Gasteiger partial charge < -0.3 is 5.32 Å². The lowest BCUT2D eigenvalue weighted by Gasteiger charge is -2.07. The molecule has 5 nitrogen and oxygen atoms in total. The second-order valence-corrected chi connectivity index (χ2v) is 6.80. The van der Waals surface area contributed by atoms with E-state index in [0.29, 0.717) is 16.5 Å². The van der Waals surface area contributed by atoms with Crippen molar-refractivity contribution in [2.24, 2.45) is 0 Å². The molecule has 1 aromatic carbocycles. The highest BCUT2D eigenvalue weighted by molar-refractivity contribution is 9.10. The smallest absolute Gasteiger partial charge is 0.227 e. The summed E-state index contributed by atoms with van der Waals surface area (Å²) in [4.78, 5) is 8.63. The Bertz CT molecular complexity index is 655. The van der Waals surface area contributed by atoms with Crippen molar-refractivity contribution in [1.82, 2.24) is 9.97 Å². The molecule has 1 unspecified atom stereocenters. The van der Waals surface area contributed by atoms with E-state index in [-0.39, 0.29) is 0 Å². The van der Waals surface area contributed by atoms with E-state index in [1.807, 2.05) is 0 Å². The number of nitrogens with one attached hydrogen (secondary N) is 2. The Morgan fingerprint density at radius 2 is 2.00 bits per heavy atom. The number of benzene rings is 1. The van der Waals surface area contributed by atoms with E-state index in [1.54, 1.807) is 36.7 Å². The number of rotatable bonds is 3. The van der Waals surface area contributed by atoms with Crippen LogP contribution < -0.4 is 5.32 Å². The average molecular weight is 327 g/mol. The van der Waals surface area contributed by atoms with E-state index in [4.69, 9.17) is 4.78 Å². The fourth-order valence-electron chi connectivity index (χ4n) is 1.32. The molecule has 0 aliphatic heterocycles.